The molecular weight excluding hydrogens is 387 g/mol. The van der Waals surface area contributed by atoms with Gasteiger partial charge in [0.05, 0.1) is 5.02 Å². The molecule has 2 aromatic carbocycles. The minimum absolute atomic E-state index is 0.173. The van der Waals surface area contributed by atoms with Crippen LogP contribution in [-0.2, 0) is 16.0 Å². The van der Waals surface area contributed by atoms with E-state index in [-0.39, 0.29) is 24.3 Å². The predicted octanol–water partition coefficient (Wildman–Crippen LogP) is 4.31. The lowest BCUT2D eigenvalue weighted by Crippen LogP contribution is -2.30. The molecule has 7 heteroatoms. The Hall–Kier alpha value is -2.24. The Kier molecular flexibility index (Phi) is 4.98. The van der Waals surface area contributed by atoms with Crippen molar-refractivity contribution in [2.75, 3.05) is 23.4 Å². The highest BCUT2D eigenvalue weighted by atomic mass is 35.5. The summed E-state index contributed by atoms with van der Waals surface area (Å²) in [7, 11) is 0. The van der Waals surface area contributed by atoms with Crippen molar-refractivity contribution in [3.8, 4) is 5.75 Å². The number of nitrogens with one attached hydrogen (secondary N) is 1. The van der Waals surface area contributed by atoms with Gasteiger partial charge >= 0.3 is 0 Å². The van der Waals surface area contributed by atoms with Crippen molar-refractivity contribution in [2.24, 2.45) is 5.92 Å². The molecule has 0 unspecified atom stereocenters. The quantitative estimate of drug-likeness (QED) is 0.807. The van der Waals surface area contributed by atoms with E-state index < -0.39 is 0 Å². The number of anilines is 2. The van der Waals surface area contributed by atoms with Gasteiger partial charge in [-0.15, -0.1) is 0 Å². The molecule has 1 fully saturated rings. The Bertz CT molecular complexity index is 912. The summed E-state index contributed by atoms with van der Waals surface area (Å²) in [5, 5.41) is 3.66. The summed E-state index contributed by atoms with van der Waals surface area (Å²) in [5.41, 5.74) is 2.66. The van der Waals surface area contributed by atoms with Gasteiger partial charge in [0.25, 0.3) is 5.91 Å². The number of rotatable bonds is 5. The third-order valence-corrected chi connectivity index (χ3v) is 5.24. The normalized spacial score (nSPS) is 15.4. The highest BCUT2D eigenvalue weighted by molar-refractivity contribution is 6.35. The van der Waals surface area contributed by atoms with Crippen LogP contribution in [0.15, 0.2) is 36.4 Å². The fourth-order valence-electron chi connectivity index (χ4n) is 3.17. The highest BCUT2D eigenvalue weighted by Gasteiger charge is 2.36. The van der Waals surface area contributed by atoms with E-state index in [9.17, 15) is 9.59 Å². The predicted molar refractivity (Wildman–Crippen MR) is 106 cm³/mol. The van der Waals surface area contributed by atoms with E-state index in [1.54, 1.807) is 18.2 Å². The number of hydrogen-bond donors (Lipinski definition) is 1. The van der Waals surface area contributed by atoms with Crippen LogP contribution in [0, 0.1) is 5.92 Å². The molecule has 1 heterocycles. The first-order valence-electron chi connectivity index (χ1n) is 8.83. The van der Waals surface area contributed by atoms with Gasteiger partial charge in [-0.1, -0.05) is 29.3 Å². The van der Waals surface area contributed by atoms with Crippen LogP contribution in [0.5, 0.6) is 5.75 Å². The Labute approximate surface area is 167 Å². The molecular formula is C20H18Cl2N2O3. The second-order valence-corrected chi connectivity index (χ2v) is 7.61. The third-order valence-electron chi connectivity index (χ3n) is 4.71. The number of halogens is 2. The van der Waals surface area contributed by atoms with Crippen LogP contribution < -0.4 is 15.0 Å². The number of carbonyl (C=O) groups is 2. The summed E-state index contributed by atoms with van der Waals surface area (Å²) < 4.78 is 5.45. The largest absolute Gasteiger partial charge is 0.482 e. The number of ether oxygens (including phenoxy) is 1. The maximum Gasteiger partial charge on any atom is 0.262 e. The lowest BCUT2D eigenvalue weighted by molar-refractivity contribution is -0.119. The molecule has 1 N–H and O–H groups in total. The molecule has 0 spiro atoms. The van der Waals surface area contributed by atoms with Crippen molar-refractivity contribution < 1.29 is 14.3 Å². The summed E-state index contributed by atoms with van der Waals surface area (Å²) >= 11 is 11.9. The van der Waals surface area contributed by atoms with Crippen LogP contribution in [0.2, 0.25) is 10.0 Å². The molecule has 2 aliphatic rings. The van der Waals surface area contributed by atoms with Crippen molar-refractivity contribution in [3.63, 3.8) is 0 Å². The van der Waals surface area contributed by atoms with Gasteiger partial charge in [-0.25, -0.2) is 0 Å². The van der Waals surface area contributed by atoms with E-state index in [1.807, 2.05) is 23.1 Å². The van der Waals surface area contributed by atoms with Gasteiger partial charge in [-0.05, 0) is 55.2 Å². The summed E-state index contributed by atoms with van der Waals surface area (Å²) in [6, 6.07) is 10.5. The highest BCUT2D eigenvalue weighted by Crippen LogP contribution is 2.37. The van der Waals surface area contributed by atoms with Crippen LogP contribution in [0.1, 0.15) is 18.4 Å². The van der Waals surface area contributed by atoms with Crippen molar-refractivity contribution in [1.82, 2.24) is 0 Å². The van der Waals surface area contributed by atoms with Gasteiger partial charge in [0.15, 0.2) is 6.61 Å². The van der Waals surface area contributed by atoms with Crippen molar-refractivity contribution in [3.05, 3.63) is 52.0 Å². The smallest absolute Gasteiger partial charge is 0.262 e. The lowest BCUT2D eigenvalue weighted by atomic mass is 10.1. The summed E-state index contributed by atoms with van der Waals surface area (Å²) in [6.07, 6.45) is 2.80. The first kappa shape index (κ1) is 18.1. The zero-order valence-electron chi connectivity index (χ0n) is 14.5. The molecule has 1 saturated carbocycles. The molecule has 1 aliphatic heterocycles. The molecule has 4 rings (SSSR count). The van der Waals surface area contributed by atoms with Gasteiger partial charge in [0, 0.05) is 28.9 Å². The number of amides is 2. The minimum Gasteiger partial charge on any atom is -0.482 e. The second kappa shape index (κ2) is 7.41. The first-order valence-corrected chi connectivity index (χ1v) is 9.59. The van der Waals surface area contributed by atoms with Crippen LogP contribution in [-0.4, -0.2) is 25.0 Å². The Morgan fingerprint density at radius 2 is 1.96 bits per heavy atom. The van der Waals surface area contributed by atoms with E-state index >= 15 is 0 Å². The van der Waals surface area contributed by atoms with E-state index in [4.69, 9.17) is 27.9 Å². The first-order chi connectivity index (χ1) is 13.0. The molecule has 27 heavy (non-hydrogen) atoms. The molecule has 0 bridgehead atoms. The minimum atomic E-state index is -0.306. The van der Waals surface area contributed by atoms with Crippen LogP contribution >= 0.6 is 23.2 Å². The Balaban J connectivity index is 1.40. The summed E-state index contributed by atoms with van der Waals surface area (Å²) in [4.78, 5) is 26.5. The number of benzene rings is 2. The number of carbonyl (C=O) groups excluding carboxylic acids is 2. The fraction of sp³-hybridized carbons (Fsp3) is 0.300. The molecule has 1 aliphatic carbocycles. The van der Waals surface area contributed by atoms with Gasteiger partial charge in [0.1, 0.15) is 5.75 Å². The Morgan fingerprint density at radius 1 is 1.15 bits per heavy atom. The fourth-order valence-corrected chi connectivity index (χ4v) is 3.63. The zero-order valence-corrected chi connectivity index (χ0v) is 16.0. The lowest BCUT2D eigenvalue weighted by Gasteiger charge is -2.18. The molecule has 0 atom stereocenters. The van der Waals surface area contributed by atoms with Crippen LogP contribution in [0.25, 0.3) is 0 Å². The van der Waals surface area contributed by atoms with Gasteiger partial charge in [-0.2, -0.15) is 0 Å². The average Bonchev–Trinajstić information content (AvgIpc) is 3.40. The van der Waals surface area contributed by atoms with Gasteiger partial charge < -0.3 is 15.0 Å². The van der Waals surface area contributed by atoms with Crippen molar-refractivity contribution in [1.29, 1.82) is 0 Å². The molecule has 0 radical (unpaired) electrons. The van der Waals surface area contributed by atoms with E-state index in [0.717, 1.165) is 30.5 Å². The zero-order chi connectivity index (χ0) is 19.0. The molecule has 0 aromatic heterocycles. The number of nitrogens with zero attached hydrogens (tertiary/aromatic N) is 1. The van der Waals surface area contributed by atoms with Crippen LogP contribution in [0.3, 0.4) is 0 Å². The molecule has 2 amide bonds. The number of hydrogen-bond acceptors (Lipinski definition) is 3. The average molecular weight is 405 g/mol. The molecule has 2 aromatic rings. The van der Waals surface area contributed by atoms with E-state index in [1.165, 1.54) is 0 Å². The maximum atomic E-state index is 12.4. The van der Waals surface area contributed by atoms with Gasteiger partial charge in [-0.3, -0.25) is 9.59 Å². The monoisotopic (exact) mass is 404 g/mol. The molecule has 0 saturated heterocycles. The van der Waals surface area contributed by atoms with E-state index in [2.05, 4.69) is 5.32 Å². The van der Waals surface area contributed by atoms with Crippen molar-refractivity contribution >= 4 is 46.4 Å². The van der Waals surface area contributed by atoms with Gasteiger partial charge in [0.2, 0.25) is 5.91 Å². The van der Waals surface area contributed by atoms with Crippen LogP contribution in [0.4, 0.5) is 11.4 Å². The topological polar surface area (TPSA) is 58.6 Å². The van der Waals surface area contributed by atoms with Crippen molar-refractivity contribution in [2.45, 2.75) is 19.3 Å². The number of fused-ring (bicyclic) bond motifs is 1. The molecule has 140 valence electrons. The SMILES string of the molecule is O=C(COc1ccc(Cl)cc1Cl)Nc1ccc2c(c1)N(C(=O)C1CC1)CC2. The molecule has 5 nitrogen and oxygen atoms in total. The summed E-state index contributed by atoms with van der Waals surface area (Å²) in [5.74, 6) is 0.454. The third kappa shape index (κ3) is 4.04. The second-order valence-electron chi connectivity index (χ2n) is 6.77. The standard InChI is InChI=1S/C20H18Cl2N2O3/c21-14-4-6-18(16(22)9-14)27-11-19(25)23-15-5-3-12-7-8-24(17(12)10-15)20(26)13-1-2-13/h3-6,9-10,13H,1-2,7-8,11H2,(H,23,25). The van der Waals surface area contributed by atoms with E-state index in [0.29, 0.717) is 28.0 Å². The summed E-state index contributed by atoms with van der Waals surface area (Å²) in [6.45, 7) is 0.531. The Morgan fingerprint density at radius 3 is 2.70 bits per heavy atom. The maximum absolute atomic E-state index is 12.4.